The van der Waals surface area contributed by atoms with Crippen LogP contribution in [0.15, 0.2) is 72.8 Å². The SMILES string of the molecule is O=C(O)c1ccc(Oc2ccc(-c3ccccc3)cc2)c(F)c1. The monoisotopic (exact) mass is 308 g/mol. The molecule has 4 heteroatoms. The molecule has 0 heterocycles. The average Bonchev–Trinajstić information content (AvgIpc) is 2.58. The fraction of sp³-hybridized carbons (Fsp3) is 0. The van der Waals surface area contributed by atoms with Gasteiger partial charge in [-0.15, -0.1) is 0 Å². The number of rotatable bonds is 4. The molecule has 3 aromatic rings. The summed E-state index contributed by atoms with van der Waals surface area (Å²) in [4.78, 5) is 10.8. The van der Waals surface area contributed by atoms with E-state index in [4.69, 9.17) is 9.84 Å². The molecule has 114 valence electrons. The lowest BCUT2D eigenvalue weighted by molar-refractivity contribution is 0.0696. The van der Waals surface area contributed by atoms with Gasteiger partial charge in [-0.1, -0.05) is 42.5 Å². The Kier molecular flexibility index (Phi) is 4.06. The first-order chi connectivity index (χ1) is 11.1. The summed E-state index contributed by atoms with van der Waals surface area (Å²) in [6.45, 7) is 0. The van der Waals surface area contributed by atoms with Gasteiger partial charge >= 0.3 is 5.97 Å². The summed E-state index contributed by atoms with van der Waals surface area (Å²) in [5.41, 5.74) is 1.99. The largest absolute Gasteiger partial charge is 0.478 e. The number of carbonyl (C=O) groups is 1. The molecule has 0 radical (unpaired) electrons. The molecule has 0 aliphatic heterocycles. The number of carboxylic acids is 1. The summed E-state index contributed by atoms with van der Waals surface area (Å²) in [6.07, 6.45) is 0. The summed E-state index contributed by atoms with van der Waals surface area (Å²) in [7, 11) is 0. The first-order valence-corrected chi connectivity index (χ1v) is 7.00. The highest BCUT2D eigenvalue weighted by molar-refractivity contribution is 5.87. The van der Waals surface area contributed by atoms with Gasteiger partial charge in [0.05, 0.1) is 5.56 Å². The van der Waals surface area contributed by atoms with Gasteiger partial charge in [-0.05, 0) is 41.5 Å². The van der Waals surface area contributed by atoms with Crippen molar-refractivity contribution in [1.82, 2.24) is 0 Å². The van der Waals surface area contributed by atoms with Crippen LogP contribution < -0.4 is 4.74 Å². The highest BCUT2D eigenvalue weighted by Crippen LogP contribution is 2.27. The summed E-state index contributed by atoms with van der Waals surface area (Å²) < 4.78 is 19.3. The van der Waals surface area contributed by atoms with E-state index in [-0.39, 0.29) is 11.3 Å². The second-order valence-corrected chi connectivity index (χ2v) is 4.94. The molecule has 0 unspecified atom stereocenters. The Balaban J connectivity index is 1.80. The van der Waals surface area contributed by atoms with Crippen LogP contribution in [0.1, 0.15) is 10.4 Å². The molecular weight excluding hydrogens is 295 g/mol. The number of benzene rings is 3. The molecule has 0 saturated heterocycles. The predicted octanol–water partition coefficient (Wildman–Crippen LogP) is 4.98. The van der Waals surface area contributed by atoms with Gasteiger partial charge in [0, 0.05) is 0 Å². The van der Waals surface area contributed by atoms with E-state index in [0.717, 1.165) is 17.2 Å². The van der Waals surface area contributed by atoms with Crippen molar-refractivity contribution in [3.05, 3.63) is 84.2 Å². The molecule has 0 amide bonds. The van der Waals surface area contributed by atoms with Gasteiger partial charge in [0.2, 0.25) is 0 Å². The maximum Gasteiger partial charge on any atom is 0.335 e. The van der Waals surface area contributed by atoms with E-state index in [0.29, 0.717) is 5.75 Å². The van der Waals surface area contributed by atoms with Crippen molar-refractivity contribution in [2.45, 2.75) is 0 Å². The van der Waals surface area contributed by atoms with E-state index < -0.39 is 11.8 Å². The average molecular weight is 308 g/mol. The Morgan fingerprint density at radius 1 is 0.870 bits per heavy atom. The fourth-order valence-corrected chi connectivity index (χ4v) is 2.19. The summed E-state index contributed by atoms with van der Waals surface area (Å²) in [5, 5.41) is 8.82. The zero-order valence-corrected chi connectivity index (χ0v) is 12.1. The minimum atomic E-state index is -1.18. The zero-order chi connectivity index (χ0) is 16.2. The van der Waals surface area contributed by atoms with Crippen molar-refractivity contribution in [2.75, 3.05) is 0 Å². The van der Waals surface area contributed by atoms with E-state index in [9.17, 15) is 9.18 Å². The molecule has 0 aromatic heterocycles. The fourth-order valence-electron chi connectivity index (χ4n) is 2.19. The Morgan fingerprint density at radius 2 is 1.52 bits per heavy atom. The predicted molar refractivity (Wildman–Crippen MR) is 85.3 cm³/mol. The molecule has 3 nitrogen and oxygen atoms in total. The van der Waals surface area contributed by atoms with Gasteiger partial charge in [0.15, 0.2) is 11.6 Å². The normalized spacial score (nSPS) is 10.3. The number of hydrogen-bond donors (Lipinski definition) is 1. The molecule has 23 heavy (non-hydrogen) atoms. The molecule has 0 aliphatic carbocycles. The topological polar surface area (TPSA) is 46.5 Å². The van der Waals surface area contributed by atoms with Crippen molar-refractivity contribution in [3.63, 3.8) is 0 Å². The molecule has 0 saturated carbocycles. The lowest BCUT2D eigenvalue weighted by atomic mass is 10.1. The van der Waals surface area contributed by atoms with Crippen LogP contribution in [0.4, 0.5) is 4.39 Å². The first-order valence-electron chi connectivity index (χ1n) is 7.00. The van der Waals surface area contributed by atoms with Gasteiger partial charge in [0.25, 0.3) is 0 Å². The quantitative estimate of drug-likeness (QED) is 0.739. The van der Waals surface area contributed by atoms with Crippen molar-refractivity contribution < 1.29 is 19.0 Å². The van der Waals surface area contributed by atoms with E-state index in [2.05, 4.69) is 0 Å². The molecule has 1 N–H and O–H groups in total. The Morgan fingerprint density at radius 3 is 2.13 bits per heavy atom. The van der Waals surface area contributed by atoms with E-state index in [1.165, 1.54) is 12.1 Å². The third-order valence-electron chi connectivity index (χ3n) is 3.37. The smallest absolute Gasteiger partial charge is 0.335 e. The summed E-state index contributed by atoms with van der Waals surface area (Å²) in [6, 6.07) is 20.7. The minimum Gasteiger partial charge on any atom is -0.478 e. The molecule has 0 fully saturated rings. The molecule has 0 aliphatic rings. The number of hydrogen-bond acceptors (Lipinski definition) is 2. The van der Waals surface area contributed by atoms with Crippen molar-refractivity contribution in [3.8, 4) is 22.6 Å². The van der Waals surface area contributed by atoms with Crippen LogP contribution in [0.25, 0.3) is 11.1 Å². The first kappa shape index (κ1) is 14.8. The Bertz CT molecular complexity index is 827. The number of aromatic carboxylic acids is 1. The van der Waals surface area contributed by atoms with Gasteiger partial charge in [-0.3, -0.25) is 0 Å². The standard InChI is InChI=1S/C19H13FO3/c20-17-12-15(19(21)22)8-11-18(17)23-16-9-6-14(7-10-16)13-4-2-1-3-5-13/h1-12H,(H,21,22). The number of halogens is 1. The van der Waals surface area contributed by atoms with Crippen LogP contribution in [0.3, 0.4) is 0 Å². The highest BCUT2D eigenvalue weighted by Gasteiger charge is 2.10. The van der Waals surface area contributed by atoms with E-state index in [1.807, 2.05) is 42.5 Å². The maximum absolute atomic E-state index is 13.9. The summed E-state index contributed by atoms with van der Waals surface area (Å²) in [5.74, 6) is -1.42. The summed E-state index contributed by atoms with van der Waals surface area (Å²) >= 11 is 0. The second kappa shape index (κ2) is 6.32. The molecule has 3 aromatic carbocycles. The molecule has 0 bridgehead atoms. The van der Waals surface area contributed by atoms with Crippen LogP contribution in [0, 0.1) is 5.82 Å². The van der Waals surface area contributed by atoms with Crippen molar-refractivity contribution >= 4 is 5.97 Å². The van der Waals surface area contributed by atoms with E-state index in [1.54, 1.807) is 12.1 Å². The third kappa shape index (κ3) is 3.37. The molecule has 3 rings (SSSR count). The van der Waals surface area contributed by atoms with Gasteiger partial charge in [0.1, 0.15) is 5.75 Å². The van der Waals surface area contributed by atoms with E-state index >= 15 is 0 Å². The second-order valence-electron chi connectivity index (χ2n) is 4.94. The van der Waals surface area contributed by atoms with Gasteiger partial charge in [-0.25, -0.2) is 9.18 Å². The minimum absolute atomic E-state index is 0.0116. The van der Waals surface area contributed by atoms with Crippen LogP contribution in [-0.2, 0) is 0 Å². The van der Waals surface area contributed by atoms with Crippen LogP contribution in [0.2, 0.25) is 0 Å². The lowest BCUT2D eigenvalue weighted by Crippen LogP contribution is -1.98. The molecular formula is C19H13FO3. The maximum atomic E-state index is 13.9. The number of ether oxygens (including phenoxy) is 1. The van der Waals surface area contributed by atoms with Crippen LogP contribution in [-0.4, -0.2) is 11.1 Å². The lowest BCUT2D eigenvalue weighted by Gasteiger charge is -2.08. The van der Waals surface area contributed by atoms with Crippen molar-refractivity contribution in [2.24, 2.45) is 0 Å². The highest BCUT2D eigenvalue weighted by atomic mass is 19.1. The molecule has 0 atom stereocenters. The van der Waals surface area contributed by atoms with Gasteiger partial charge < -0.3 is 9.84 Å². The Labute approximate surface area is 132 Å². The zero-order valence-electron chi connectivity index (χ0n) is 12.1. The molecule has 0 spiro atoms. The Hall–Kier alpha value is -3.14. The van der Waals surface area contributed by atoms with Gasteiger partial charge in [-0.2, -0.15) is 0 Å². The van der Waals surface area contributed by atoms with Crippen LogP contribution >= 0.6 is 0 Å². The number of carboxylic acid groups (broad SMARTS) is 1. The third-order valence-corrected chi connectivity index (χ3v) is 3.37. The van der Waals surface area contributed by atoms with Crippen molar-refractivity contribution in [1.29, 1.82) is 0 Å². The van der Waals surface area contributed by atoms with Crippen LogP contribution in [0.5, 0.6) is 11.5 Å².